The van der Waals surface area contributed by atoms with Crippen molar-refractivity contribution in [1.29, 1.82) is 10.5 Å². The Morgan fingerprint density at radius 3 is 1.09 bits per heavy atom. The van der Waals surface area contributed by atoms with Gasteiger partial charge in [-0.25, -0.2) is 38.5 Å². The number of nitrogens with two attached hydrogens (primary N) is 1. The van der Waals surface area contributed by atoms with E-state index < -0.39 is 42.1 Å². The number of amides is 1. The lowest BCUT2D eigenvalue weighted by molar-refractivity contribution is -0.147. The molecule has 135 heavy (non-hydrogen) atoms. The minimum atomic E-state index is -1.31. The number of hydrogen-bond acceptors (Lipinski definition) is 27. The van der Waals surface area contributed by atoms with Gasteiger partial charge in [0.2, 0.25) is 5.91 Å². The van der Waals surface area contributed by atoms with E-state index in [1.165, 1.54) is 43.8 Å². The Bertz CT molecular complexity index is 5970. The summed E-state index contributed by atoms with van der Waals surface area (Å²) in [6, 6.07) is 58.2. The summed E-state index contributed by atoms with van der Waals surface area (Å²) in [5.41, 5.74) is 16.7. The number of rotatable bonds is 32. The number of carboxylic acids is 4. The van der Waals surface area contributed by atoms with Gasteiger partial charge < -0.3 is 69.4 Å². The quantitative estimate of drug-likeness (QED) is 0.00284. The van der Waals surface area contributed by atoms with E-state index >= 15 is 0 Å². The van der Waals surface area contributed by atoms with Crippen LogP contribution in [0.5, 0.6) is 0 Å². The fourth-order valence-corrected chi connectivity index (χ4v) is 10.7. The number of aromatic nitrogens is 4. The summed E-state index contributed by atoms with van der Waals surface area (Å²) in [7, 11) is 0. The van der Waals surface area contributed by atoms with Crippen LogP contribution in [0.25, 0.3) is 18.2 Å². The van der Waals surface area contributed by atoms with Gasteiger partial charge in [-0.05, 0) is 241 Å². The van der Waals surface area contributed by atoms with Crippen molar-refractivity contribution in [1.82, 2.24) is 19.9 Å². The first kappa shape index (κ1) is 114. The number of benzene rings is 8. The van der Waals surface area contributed by atoms with Crippen LogP contribution in [-0.4, -0.2) is 169 Å². The van der Waals surface area contributed by atoms with E-state index in [-0.39, 0.29) is 58.3 Å². The highest BCUT2D eigenvalue weighted by Gasteiger charge is 2.16. The number of aryl methyl sites for hydroxylation is 1. The molecule has 10 rings (SSSR count). The van der Waals surface area contributed by atoms with Gasteiger partial charge in [-0.3, -0.25) is 43.3 Å². The first-order chi connectivity index (χ1) is 64.4. The molecule has 35 heteroatoms. The maximum Gasteiger partial charge on any atom is 0.338 e. The van der Waals surface area contributed by atoms with E-state index in [9.17, 15) is 81.5 Å². The summed E-state index contributed by atoms with van der Waals surface area (Å²) < 4.78 is 24.7. The third-order valence-electron chi connectivity index (χ3n) is 17.0. The van der Waals surface area contributed by atoms with Crippen LogP contribution in [0, 0.1) is 33.4 Å². The molecular formula is C100H101N7O26S2. The zero-order valence-corrected chi connectivity index (χ0v) is 76.7. The molecule has 0 aliphatic carbocycles. The number of nitrogens with one attached hydrogen (secondary N) is 3. The summed E-state index contributed by atoms with van der Waals surface area (Å²) in [4.78, 5) is 196. The highest BCUT2D eigenvalue weighted by molar-refractivity contribution is 7.98. The normalized spacial score (nSPS) is 10.1. The number of H-pyrrole nitrogens is 3. The molecule has 33 nitrogen and oxygen atoms in total. The zero-order chi connectivity index (χ0) is 101. The summed E-state index contributed by atoms with van der Waals surface area (Å²) in [5.74, 6) is -7.41. The second-order valence-corrected chi connectivity index (χ2v) is 28.5. The number of nitriles is 2. The Kier molecular flexibility index (Phi) is 55.1. The predicted octanol–water partition coefficient (Wildman–Crippen LogP) is 14.6. The molecule has 0 aliphatic rings. The van der Waals surface area contributed by atoms with E-state index in [0.717, 1.165) is 58.2 Å². The number of aldehydes is 2. The van der Waals surface area contributed by atoms with Crippen LogP contribution in [0.1, 0.15) is 202 Å². The van der Waals surface area contributed by atoms with Gasteiger partial charge in [0.05, 0.1) is 90.0 Å². The fourth-order valence-electron chi connectivity index (χ4n) is 10.2. The number of carbonyl (C=O) groups is 15. The Hall–Kier alpha value is -16.7. The van der Waals surface area contributed by atoms with Crippen molar-refractivity contribution in [2.24, 2.45) is 11.7 Å². The van der Waals surface area contributed by atoms with Crippen molar-refractivity contribution < 1.29 is 116 Å². The Balaban J connectivity index is 0.000000520. The molecule has 10 aromatic rings. The third-order valence-corrected chi connectivity index (χ3v) is 17.8. The molecule has 1 amide bonds. The number of aromatic amines is 3. The molecule has 0 bridgehead atoms. The van der Waals surface area contributed by atoms with E-state index in [4.69, 9.17) is 72.6 Å². The van der Waals surface area contributed by atoms with Gasteiger partial charge in [-0.2, -0.15) is 10.5 Å². The Labute approximate surface area is 786 Å². The number of esters is 5. The van der Waals surface area contributed by atoms with Crippen LogP contribution in [0.4, 0.5) is 0 Å². The maximum atomic E-state index is 11.9. The lowest BCUT2D eigenvalue weighted by atomic mass is 9.97. The molecule has 0 saturated carbocycles. The number of aliphatic carboxylic acids is 4. The summed E-state index contributed by atoms with van der Waals surface area (Å²) in [6.45, 7) is 15.1. The number of hydrogen-bond donors (Lipinski definition) is 8. The largest absolute Gasteiger partial charge is 0.481 e. The second-order valence-electron chi connectivity index (χ2n) is 27.3. The molecule has 0 radical (unpaired) electrons. The number of Topliss-reactive ketones (excluding diaryl/α,β-unsaturated/α-hetero) is 2. The Morgan fingerprint density at radius 2 is 0.793 bits per heavy atom. The number of ether oxygens (including phenoxy) is 5. The van der Waals surface area contributed by atoms with Crippen molar-refractivity contribution >= 4 is 132 Å². The molecule has 0 spiro atoms. The van der Waals surface area contributed by atoms with Crippen LogP contribution in [-0.2, 0) is 87.7 Å². The average molecular weight is 1880 g/mol. The van der Waals surface area contributed by atoms with Gasteiger partial charge >= 0.3 is 53.7 Å². The van der Waals surface area contributed by atoms with Crippen LogP contribution in [0.2, 0.25) is 0 Å². The molecule has 8 aromatic carbocycles. The molecule has 2 aromatic heterocycles. The van der Waals surface area contributed by atoms with E-state index in [0.29, 0.717) is 142 Å². The highest BCUT2D eigenvalue weighted by Crippen LogP contribution is 2.17. The van der Waals surface area contributed by atoms with Gasteiger partial charge in [0.1, 0.15) is 30.6 Å². The van der Waals surface area contributed by atoms with Crippen molar-refractivity contribution in [3.8, 4) is 12.1 Å². The summed E-state index contributed by atoms with van der Waals surface area (Å²) in [6.07, 6.45) is 16.4. The minimum absolute atomic E-state index is 0.00512. The molecule has 1 unspecified atom stereocenters. The maximum absolute atomic E-state index is 11.9. The van der Waals surface area contributed by atoms with Crippen molar-refractivity contribution in [3.63, 3.8) is 0 Å². The molecule has 1 atom stereocenters. The van der Waals surface area contributed by atoms with Gasteiger partial charge in [0, 0.05) is 66.1 Å². The molecule has 0 fully saturated rings. The second kappa shape index (κ2) is 65.0. The lowest BCUT2D eigenvalue weighted by Gasteiger charge is -2.07. The molecule has 0 saturated heterocycles. The Morgan fingerprint density at radius 1 is 0.459 bits per heavy atom. The van der Waals surface area contributed by atoms with Crippen molar-refractivity contribution in [2.75, 3.05) is 39.3 Å². The molecule has 9 N–H and O–H groups in total. The monoisotopic (exact) mass is 1880 g/mol. The minimum Gasteiger partial charge on any atom is -0.481 e. The first-order valence-electron chi connectivity index (χ1n) is 40.9. The van der Waals surface area contributed by atoms with Gasteiger partial charge in [-0.1, -0.05) is 115 Å². The standard InChI is InChI=1S/C15H16N2O3S.C14H14N2O3S.C14H16O4.C13H16O3.C13H14O3.C10H9NO3.C10H7NO2.C8H5NO.C3H4O4/c1-3-20-14(19)11-6-4-10(5-7-11)8-12-9-16-15(21-2)17-13(12)18;1-2-19-13(18)10-5-3-9(4-6-10)7-11-8-15-14(20)16-12(11)17;1-3-18-14(17)12-6-4-11(5-7-12)8-13(9-15)10(2)16;2*1-3-16-13(15)12-8-6-11(7-9-12)5-4-10(2)14;11-10(14)8-4-1-7(2-5-8)3-6-9(12)13;11-7-9-3-1-8(2-4-9)5-6-10(12)13;9-5-7-1-3-8(6-10)4-2-7;4-2(5)1-3(6)7/h4-7,9H,3,8H2,1-2H3,(H,16,17,18);3-6,8H,2,7H2,1H3,(H2,15,16,17,20);4-7,9,13H,3,8H2,1-2H3;6-9H,3-5H2,1-2H3;4-9H,3H2,1-2H3;1-6H,(H2,11,14)(H,12,13);1-6H,(H,12,13);1-4,6H;1H2,(H,4,5)(H,6,7)/b;;;;5-4+;6-3+;6-5+;;. The van der Waals surface area contributed by atoms with E-state index in [1.807, 2.05) is 42.7 Å². The van der Waals surface area contributed by atoms with Gasteiger partial charge in [0.25, 0.3) is 11.1 Å². The number of carboxylic acid groups (broad SMARTS) is 4. The van der Waals surface area contributed by atoms with Crippen LogP contribution < -0.4 is 16.9 Å². The number of carbonyl (C=O) groups excluding carboxylic acids is 11. The summed E-state index contributed by atoms with van der Waals surface area (Å²) >= 11 is 6.22. The van der Waals surface area contributed by atoms with Crippen LogP contribution >= 0.6 is 24.0 Å². The van der Waals surface area contributed by atoms with Crippen LogP contribution in [0.3, 0.4) is 0 Å². The number of nitrogens with zero attached hydrogens (tertiary/aromatic N) is 3. The van der Waals surface area contributed by atoms with Crippen molar-refractivity contribution in [2.45, 2.75) is 99.1 Å². The smallest absolute Gasteiger partial charge is 0.338 e. The topological polar surface area (TPSA) is 551 Å². The number of primary amides is 1. The first-order valence-corrected chi connectivity index (χ1v) is 42.5. The molecular weight excluding hydrogens is 1780 g/mol. The van der Waals surface area contributed by atoms with Crippen molar-refractivity contribution in [3.05, 3.63) is 350 Å². The average Bonchev–Trinajstić information content (AvgIpc) is 0.849. The third kappa shape index (κ3) is 49.1. The number of ketones is 3. The molecule has 0 aliphatic heterocycles. The number of thioether (sulfide) groups is 1. The number of allylic oxidation sites excluding steroid dienone is 1. The van der Waals surface area contributed by atoms with Gasteiger partial charge in [-0.15, -0.1) is 0 Å². The van der Waals surface area contributed by atoms with Crippen LogP contribution in [0.15, 0.2) is 239 Å². The molecule has 704 valence electrons. The predicted molar refractivity (Wildman–Crippen MR) is 505 cm³/mol. The zero-order valence-electron chi connectivity index (χ0n) is 75.1. The molecule has 2 heterocycles. The highest BCUT2D eigenvalue weighted by atomic mass is 32.2. The lowest BCUT2D eigenvalue weighted by Crippen LogP contribution is -2.15. The van der Waals surface area contributed by atoms with E-state index in [1.54, 1.807) is 230 Å². The SMILES string of the molecule is CCOC(=O)c1ccc(/C=C/C(C)=O)cc1.CCOC(=O)c1ccc(CC(C=O)C(C)=O)cc1.CCOC(=O)c1ccc(CCC(C)=O)cc1.CCOC(=O)c1ccc(Cc2c[nH]c(=S)[nH]c2=O)cc1.CCOC(=O)c1ccc(Cc2cnc(SC)[nH]c2=O)cc1.N#Cc1ccc(/C=C/C(=O)O)cc1.N#Cc1ccc(C=O)cc1.NC(=O)c1ccc(/C=C/C(=O)O)cc1.O=C(O)CC(=O)O. The van der Waals surface area contributed by atoms with E-state index in [2.05, 4.69) is 19.9 Å². The summed E-state index contributed by atoms with van der Waals surface area (Å²) in [5, 5.41) is 49.5. The van der Waals surface area contributed by atoms with Gasteiger partial charge in [0.15, 0.2) is 15.7 Å². The fraction of sp³-hybridized carbons (Fsp3) is 0.210.